The van der Waals surface area contributed by atoms with E-state index in [1.807, 2.05) is 0 Å². The number of carboxylic acids is 1. The molecule has 1 aromatic rings. The Kier molecular flexibility index (Phi) is 4.76. The molecule has 25 heavy (non-hydrogen) atoms. The van der Waals surface area contributed by atoms with Crippen molar-refractivity contribution in [1.82, 2.24) is 10.2 Å². The van der Waals surface area contributed by atoms with Crippen molar-refractivity contribution >= 4 is 27.7 Å². The number of hydrogen-bond acceptors (Lipinski definition) is 6. The molecule has 1 heterocycles. The van der Waals surface area contributed by atoms with Gasteiger partial charge in [-0.2, -0.15) is 0 Å². The molecule has 1 aliphatic heterocycles. The Morgan fingerprint density at radius 3 is 2.28 bits per heavy atom. The number of sulfone groups is 1. The summed E-state index contributed by atoms with van der Waals surface area (Å²) < 4.78 is 30.1. The highest BCUT2D eigenvalue weighted by Gasteiger charge is 2.55. The zero-order valence-electron chi connectivity index (χ0n) is 13.8. The third kappa shape index (κ3) is 3.29. The minimum atomic E-state index is -4.02. The van der Waals surface area contributed by atoms with E-state index in [1.54, 1.807) is 0 Å². The molecule has 1 aromatic carbocycles. The van der Waals surface area contributed by atoms with E-state index in [2.05, 4.69) is 5.32 Å². The van der Waals surface area contributed by atoms with E-state index in [0.717, 1.165) is 4.90 Å². The third-order valence-electron chi connectivity index (χ3n) is 4.22. The Labute approximate surface area is 144 Å². The number of nitrogens with zero attached hydrogens (tertiary/aromatic N) is 1. The number of urea groups is 1. The van der Waals surface area contributed by atoms with Crippen LogP contribution < -0.4 is 10.1 Å². The first-order valence-electron chi connectivity index (χ1n) is 7.23. The largest absolute Gasteiger partial charge is 0.497 e. The number of carboxylic acid groups (broad SMARTS) is 1. The summed E-state index contributed by atoms with van der Waals surface area (Å²) in [5.74, 6) is -4.34. The lowest BCUT2D eigenvalue weighted by Gasteiger charge is -2.28. The van der Waals surface area contributed by atoms with E-state index in [4.69, 9.17) is 4.74 Å². The lowest BCUT2D eigenvalue weighted by Crippen LogP contribution is -2.55. The molecule has 2 atom stereocenters. The highest BCUT2D eigenvalue weighted by atomic mass is 32.2. The molecule has 0 spiro atoms. The molecule has 136 valence electrons. The predicted octanol–water partition coefficient (Wildman–Crippen LogP) is 0.110. The van der Waals surface area contributed by atoms with Crippen LogP contribution in [0.2, 0.25) is 0 Å². The normalized spacial score (nSPS) is 21.8. The van der Waals surface area contributed by atoms with E-state index in [-0.39, 0.29) is 4.90 Å². The van der Waals surface area contributed by atoms with Gasteiger partial charge in [-0.15, -0.1) is 0 Å². The maximum absolute atomic E-state index is 12.6. The van der Waals surface area contributed by atoms with Gasteiger partial charge in [-0.05, 0) is 31.2 Å². The summed E-state index contributed by atoms with van der Waals surface area (Å²) in [6.07, 6.45) is 0. The number of benzene rings is 1. The van der Waals surface area contributed by atoms with Gasteiger partial charge in [-0.25, -0.2) is 13.2 Å². The van der Waals surface area contributed by atoms with Crippen LogP contribution in [0.25, 0.3) is 0 Å². The summed E-state index contributed by atoms with van der Waals surface area (Å²) in [4.78, 5) is 36.2. The van der Waals surface area contributed by atoms with Gasteiger partial charge in [0.25, 0.3) is 5.91 Å². The first kappa shape index (κ1) is 18.7. The van der Waals surface area contributed by atoms with Crippen molar-refractivity contribution in [2.24, 2.45) is 5.92 Å². The average Bonchev–Trinajstić information content (AvgIpc) is 2.76. The second-order valence-corrected chi connectivity index (χ2v) is 7.88. The number of likely N-dealkylation sites (N-methyl/N-ethyl adjacent to an activating group) is 1. The summed E-state index contributed by atoms with van der Waals surface area (Å²) in [6, 6.07) is 4.66. The number of hydrogen-bond donors (Lipinski definition) is 2. The van der Waals surface area contributed by atoms with Gasteiger partial charge in [-0.1, -0.05) is 0 Å². The second kappa shape index (κ2) is 6.36. The topological polar surface area (TPSA) is 130 Å². The van der Waals surface area contributed by atoms with Crippen LogP contribution in [-0.4, -0.2) is 61.8 Å². The van der Waals surface area contributed by atoms with E-state index in [0.29, 0.717) is 5.75 Å². The van der Waals surface area contributed by atoms with Crippen LogP contribution in [0.5, 0.6) is 5.75 Å². The highest BCUT2D eigenvalue weighted by molar-refractivity contribution is 7.91. The molecule has 10 heteroatoms. The fraction of sp³-hybridized carbons (Fsp3) is 0.400. The monoisotopic (exact) mass is 370 g/mol. The fourth-order valence-electron chi connectivity index (χ4n) is 2.62. The summed E-state index contributed by atoms with van der Waals surface area (Å²) in [5, 5.41) is 11.8. The lowest BCUT2D eigenvalue weighted by molar-refractivity contribution is -0.147. The Morgan fingerprint density at radius 1 is 1.32 bits per heavy atom. The van der Waals surface area contributed by atoms with Crippen molar-refractivity contribution in [2.75, 3.05) is 19.9 Å². The number of ether oxygens (including phenoxy) is 1. The predicted molar refractivity (Wildman–Crippen MR) is 85.9 cm³/mol. The zero-order valence-corrected chi connectivity index (χ0v) is 14.7. The molecular formula is C15H18N2O7S. The van der Waals surface area contributed by atoms with E-state index in [1.165, 1.54) is 45.3 Å². The maximum atomic E-state index is 12.6. The van der Waals surface area contributed by atoms with Crippen molar-refractivity contribution in [2.45, 2.75) is 17.4 Å². The van der Waals surface area contributed by atoms with Gasteiger partial charge in [0.1, 0.15) is 17.2 Å². The quantitative estimate of drug-likeness (QED) is 0.680. The lowest BCUT2D eigenvalue weighted by atomic mass is 9.87. The van der Waals surface area contributed by atoms with Crippen molar-refractivity contribution in [3.05, 3.63) is 24.3 Å². The Bertz CT molecular complexity index is 819. The smallest absolute Gasteiger partial charge is 0.324 e. The molecular weight excluding hydrogens is 352 g/mol. The van der Waals surface area contributed by atoms with Crippen LogP contribution in [0, 0.1) is 5.92 Å². The van der Waals surface area contributed by atoms with E-state index >= 15 is 0 Å². The summed E-state index contributed by atoms with van der Waals surface area (Å²) in [5.41, 5.74) is -1.85. The number of methoxy groups -OCH3 is 1. The summed E-state index contributed by atoms with van der Waals surface area (Å²) in [7, 11) is -1.40. The molecule has 1 saturated heterocycles. The van der Waals surface area contributed by atoms with Crippen molar-refractivity contribution in [1.29, 1.82) is 0 Å². The molecule has 0 aromatic heterocycles. The Hall–Kier alpha value is -2.62. The molecule has 0 aliphatic carbocycles. The minimum Gasteiger partial charge on any atom is -0.497 e. The fourth-order valence-corrected chi connectivity index (χ4v) is 4.28. The molecule has 0 radical (unpaired) electrons. The number of aliphatic carboxylic acids is 1. The molecule has 1 fully saturated rings. The van der Waals surface area contributed by atoms with Crippen LogP contribution in [0.1, 0.15) is 6.92 Å². The zero-order chi connectivity index (χ0) is 19.0. The molecule has 3 amide bonds. The number of carbonyl (C=O) groups is 3. The third-order valence-corrected chi connectivity index (χ3v) is 5.98. The van der Waals surface area contributed by atoms with Crippen molar-refractivity contribution in [3.63, 3.8) is 0 Å². The molecule has 2 rings (SSSR count). The van der Waals surface area contributed by atoms with Crippen LogP contribution in [0.3, 0.4) is 0 Å². The Balaban J connectivity index is 2.37. The molecule has 9 nitrogen and oxygen atoms in total. The maximum Gasteiger partial charge on any atom is 0.324 e. The SMILES string of the molecule is COc1ccc(S(=O)(=O)CC(C(=O)O)C2(C)NC(=O)N(C)C2=O)cc1. The minimum absolute atomic E-state index is 0.103. The first-order valence-corrected chi connectivity index (χ1v) is 8.88. The van der Waals surface area contributed by atoms with Gasteiger partial charge >= 0.3 is 12.0 Å². The van der Waals surface area contributed by atoms with Gasteiger partial charge in [0, 0.05) is 7.05 Å². The van der Waals surface area contributed by atoms with Crippen LogP contribution >= 0.6 is 0 Å². The van der Waals surface area contributed by atoms with Gasteiger partial charge in [0.2, 0.25) is 0 Å². The number of imide groups is 1. The van der Waals surface area contributed by atoms with E-state index in [9.17, 15) is 27.9 Å². The molecule has 0 bridgehead atoms. The second-order valence-electron chi connectivity index (χ2n) is 5.84. The summed E-state index contributed by atoms with van der Waals surface area (Å²) in [6.45, 7) is 1.21. The molecule has 2 N–H and O–H groups in total. The van der Waals surface area contributed by atoms with Crippen molar-refractivity contribution < 1.29 is 32.6 Å². The summed E-state index contributed by atoms with van der Waals surface area (Å²) >= 11 is 0. The van der Waals surface area contributed by atoms with Crippen LogP contribution in [0.15, 0.2) is 29.2 Å². The highest BCUT2D eigenvalue weighted by Crippen LogP contribution is 2.29. The van der Waals surface area contributed by atoms with Crippen LogP contribution in [0.4, 0.5) is 4.79 Å². The number of rotatable bonds is 6. The van der Waals surface area contributed by atoms with Gasteiger partial charge < -0.3 is 15.2 Å². The molecule has 2 unspecified atom stereocenters. The van der Waals surface area contributed by atoms with Gasteiger partial charge in [-0.3, -0.25) is 14.5 Å². The number of carbonyl (C=O) groups excluding carboxylic acids is 2. The first-order chi connectivity index (χ1) is 11.5. The molecule has 1 aliphatic rings. The standard InChI is InChI=1S/C15H18N2O7S/c1-15(13(20)17(2)14(21)16-15)11(12(18)19)8-25(22,23)10-6-4-9(24-3)5-7-10/h4-7,11H,8H2,1-3H3,(H,16,21)(H,18,19). The van der Waals surface area contributed by atoms with E-state index < -0.39 is 45.0 Å². The number of nitrogens with one attached hydrogen (secondary N) is 1. The van der Waals surface area contributed by atoms with Crippen LogP contribution in [-0.2, 0) is 19.4 Å². The van der Waals surface area contributed by atoms with Gasteiger partial charge in [0.15, 0.2) is 9.84 Å². The van der Waals surface area contributed by atoms with Crippen molar-refractivity contribution in [3.8, 4) is 5.75 Å². The van der Waals surface area contributed by atoms with Gasteiger partial charge in [0.05, 0.1) is 17.8 Å². The average molecular weight is 370 g/mol. The number of amides is 3. The molecule has 0 saturated carbocycles. The Morgan fingerprint density at radius 2 is 1.88 bits per heavy atom.